The summed E-state index contributed by atoms with van der Waals surface area (Å²) < 4.78 is 15.6. The van der Waals surface area contributed by atoms with Crippen molar-refractivity contribution >= 4 is 11.9 Å². The molecule has 6 nitrogen and oxygen atoms in total. The van der Waals surface area contributed by atoms with Crippen LogP contribution in [-0.2, 0) is 14.3 Å². The topological polar surface area (TPSA) is 82.1 Å². The lowest BCUT2D eigenvalue weighted by Crippen LogP contribution is -2.12. The first-order valence-corrected chi connectivity index (χ1v) is 8.53. The second-order valence-corrected chi connectivity index (χ2v) is 5.49. The van der Waals surface area contributed by atoms with Gasteiger partial charge in [-0.25, -0.2) is 9.59 Å². The number of ether oxygens (including phenoxy) is 3. The van der Waals surface area contributed by atoms with Crippen LogP contribution in [-0.4, -0.2) is 43.5 Å². The van der Waals surface area contributed by atoms with Gasteiger partial charge in [0.05, 0.1) is 18.8 Å². The molecule has 0 aliphatic carbocycles. The fourth-order valence-corrected chi connectivity index (χ4v) is 2.06. The molecule has 0 aliphatic rings. The zero-order chi connectivity index (χ0) is 20.2. The van der Waals surface area contributed by atoms with Gasteiger partial charge in [0.2, 0.25) is 0 Å². The summed E-state index contributed by atoms with van der Waals surface area (Å²) in [5, 5.41) is 8.88. The molecule has 0 amide bonds. The molecule has 0 atom stereocenters. The molecule has 0 heterocycles. The molecule has 0 saturated heterocycles. The number of benzene rings is 2. The summed E-state index contributed by atoms with van der Waals surface area (Å²) >= 11 is 0. The summed E-state index contributed by atoms with van der Waals surface area (Å²) in [6.07, 6.45) is 1.10. The Labute approximate surface area is 163 Å². The summed E-state index contributed by atoms with van der Waals surface area (Å²) in [7, 11) is 0. The maximum Gasteiger partial charge on any atom is 0.335 e. The third kappa shape index (κ3) is 7.36. The highest BCUT2D eigenvalue weighted by Crippen LogP contribution is 2.11. The van der Waals surface area contributed by atoms with Gasteiger partial charge in [-0.05, 0) is 48.5 Å². The molecule has 2 rings (SSSR count). The monoisotopic (exact) mass is 380 g/mol. The van der Waals surface area contributed by atoms with Gasteiger partial charge in [0.25, 0.3) is 0 Å². The molecule has 0 fully saturated rings. The minimum Gasteiger partial charge on any atom is -0.491 e. The summed E-state index contributed by atoms with van der Waals surface area (Å²) in [5.41, 5.74) is 1.78. The van der Waals surface area contributed by atoms with Crippen molar-refractivity contribution in [1.82, 2.24) is 0 Å². The predicted molar refractivity (Wildman–Crippen MR) is 103 cm³/mol. The molecule has 0 unspecified atom stereocenters. The number of esters is 1. The minimum absolute atomic E-state index is 0.178. The SMILES string of the molecule is C=CC(=O)OCCOCCOc1ccc(C#Cc2ccc(C(=O)O)cc2)cc1. The predicted octanol–water partition coefficient (Wildman–Crippen LogP) is 2.91. The van der Waals surface area contributed by atoms with Gasteiger partial charge in [0, 0.05) is 17.2 Å². The molecule has 0 radical (unpaired) electrons. The van der Waals surface area contributed by atoms with E-state index in [-0.39, 0.29) is 12.2 Å². The Morgan fingerprint density at radius 2 is 1.46 bits per heavy atom. The molecule has 0 saturated carbocycles. The van der Waals surface area contributed by atoms with E-state index in [1.807, 2.05) is 24.3 Å². The normalized spacial score (nSPS) is 9.71. The largest absolute Gasteiger partial charge is 0.491 e. The van der Waals surface area contributed by atoms with E-state index in [0.29, 0.717) is 25.6 Å². The maximum atomic E-state index is 10.8. The summed E-state index contributed by atoms with van der Waals surface area (Å²) in [4.78, 5) is 21.7. The van der Waals surface area contributed by atoms with E-state index in [4.69, 9.17) is 19.3 Å². The van der Waals surface area contributed by atoms with Crippen molar-refractivity contribution in [3.63, 3.8) is 0 Å². The number of hydrogen-bond acceptors (Lipinski definition) is 5. The zero-order valence-corrected chi connectivity index (χ0v) is 15.2. The number of aromatic carboxylic acids is 1. The Bertz CT molecular complexity index is 857. The highest BCUT2D eigenvalue weighted by molar-refractivity contribution is 5.87. The molecule has 2 aromatic rings. The number of carbonyl (C=O) groups is 2. The third-order valence-corrected chi connectivity index (χ3v) is 3.47. The number of carbonyl (C=O) groups excluding carboxylic acids is 1. The summed E-state index contributed by atoms with van der Waals surface area (Å²) in [5.74, 6) is 5.26. The van der Waals surface area contributed by atoms with E-state index >= 15 is 0 Å². The van der Waals surface area contributed by atoms with Crippen LogP contribution in [0.4, 0.5) is 0 Å². The minimum atomic E-state index is -0.961. The van der Waals surface area contributed by atoms with Crippen molar-refractivity contribution in [2.75, 3.05) is 26.4 Å². The van der Waals surface area contributed by atoms with Crippen molar-refractivity contribution in [2.45, 2.75) is 0 Å². The van der Waals surface area contributed by atoms with Crippen LogP contribution in [0.15, 0.2) is 61.2 Å². The quantitative estimate of drug-likeness (QED) is 0.312. The summed E-state index contributed by atoms with van der Waals surface area (Å²) in [6.45, 7) is 4.52. The van der Waals surface area contributed by atoms with Crippen molar-refractivity contribution in [2.24, 2.45) is 0 Å². The lowest BCUT2D eigenvalue weighted by molar-refractivity contribution is -0.139. The van der Waals surface area contributed by atoms with Crippen LogP contribution in [0.3, 0.4) is 0 Å². The lowest BCUT2D eigenvalue weighted by Gasteiger charge is -2.07. The molecule has 6 heteroatoms. The van der Waals surface area contributed by atoms with Crippen LogP contribution in [0.5, 0.6) is 5.75 Å². The van der Waals surface area contributed by atoms with Crippen molar-refractivity contribution in [1.29, 1.82) is 0 Å². The Balaban J connectivity index is 1.72. The van der Waals surface area contributed by atoms with Gasteiger partial charge in [-0.2, -0.15) is 0 Å². The van der Waals surface area contributed by atoms with Gasteiger partial charge in [0.1, 0.15) is 19.0 Å². The van der Waals surface area contributed by atoms with Crippen molar-refractivity contribution < 1.29 is 28.9 Å². The number of carboxylic acid groups (broad SMARTS) is 1. The van der Waals surface area contributed by atoms with Crippen LogP contribution >= 0.6 is 0 Å². The van der Waals surface area contributed by atoms with Crippen molar-refractivity contribution in [3.8, 4) is 17.6 Å². The van der Waals surface area contributed by atoms with E-state index in [0.717, 1.165) is 17.2 Å². The van der Waals surface area contributed by atoms with E-state index in [9.17, 15) is 9.59 Å². The van der Waals surface area contributed by atoms with Crippen LogP contribution in [0.2, 0.25) is 0 Å². The number of rotatable bonds is 9. The van der Waals surface area contributed by atoms with Gasteiger partial charge in [-0.15, -0.1) is 0 Å². The molecule has 2 aromatic carbocycles. The second-order valence-electron chi connectivity index (χ2n) is 5.49. The van der Waals surface area contributed by atoms with Gasteiger partial charge in [0.15, 0.2) is 0 Å². The van der Waals surface area contributed by atoms with Gasteiger partial charge in [-0.3, -0.25) is 0 Å². The Kier molecular flexibility index (Phi) is 8.31. The second kappa shape index (κ2) is 11.2. The molecule has 0 bridgehead atoms. The lowest BCUT2D eigenvalue weighted by atomic mass is 10.1. The van der Waals surface area contributed by atoms with Crippen LogP contribution < -0.4 is 4.74 Å². The average Bonchev–Trinajstić information content (AvgIpc) is 2.72. The molecule has 0 spiro atoms. The fraction of sp³-hybridized carbons (Fsp3) is 0.182. The molecule has 0 aromatic heterocycles. The van der Waals surface area contributed by atoms with E-state index in [2.05, 4.69) is 18.4 Å². The molecule has 0 aliphatic heterocycles. The van der Waals surface area contributed by atoms with Crippen LogP contribution in [0, 0.1) is 11.8 Å². The standard InChI is InChI=1S/C22H20O6/c1-2-21(23)28-16-14-26-13-15-27-20-11-7-18(8-12-20)4-3-17-5-9-19(10-6-17)22(24)25/h2,5-12H,1,13-16H2,(H,24,25). The first-order chi connectivity index (χ1) is 13.6. The first kappa shape index (κ1) is 20.7. The molecular weight excluding hydrogens is 360 g/mol. The van der Waals surface area contributed by atoms with Gasteiger partial charge in [-0.1, -0.05) is 18.4 Å². The average molecular weight is 380 g/mol. The smallest absolute Gasteiger partial charge is 0.335 e. The Morgan fingerprint density at radius 3 is 2.04 bits per heavy atom. The fourth-order valence-electron chi connectivity index (χ4n) is 2.06. The van der Waals surface area contributed by atoms with Gasteiger partial charge >= 0.3 is 11.9 Å². The third-order valence-electron chi connectivity index (χ3n) is 3.47. The molecule has 1 N–H and O–H groups in total. The van der Waals surface area contributed by atoms with Crippen LogP contribution in [0.1, 0.15) is 21.5 Å². The highest BCUT2D eigenvalue weighted by atomic mass is 16.6. The Morgan fingerprint density at radius 1 is 0.893 bits per heavy atom. The first-order valence-electron chi connectivity index (χ1n) is 8.53. The molecular formula is C22H20O6. The van der Waals surface area contributed by atoms with Crippen molar-refractivity contribution in [3.05, 3.63) is 77.9 Å². The van der Waals surface area contributed by atoms with E-state index in [1.165, 1.54) is 12.1 Å². The van der Waals surface area contributed by atoms with E-state index < -0.39 is 11.9 Å². The maximum absolute atomic E-state index is 10.8. The van der Waals surface area contributed by atoms with Crippen LogP contribution in [0.25, 0.3) is 0 Å². The van der Waals surface area contributed by atoms with E-state index in [1.54, 1.807) is 12.1 Å². The number of carboxylic acids is 1. The Hall–Kier alpha value is -3.56. The highest BCUT2D eigenvalue weighted by Gasteiger charge is 2.00. The zero-order valence-electron chi connectivity index (χ0n) is 15.2. The summed E-state index contributed by atoms with van der Waals surface area (Å²) in [6, 6.07) is 13.7. The molecule has 28 heavy (non-hydrogen) atoms. The van der Waals surface area contributed by atoms with Gasteiger partial charge < -0.3 is 19.3 Å². The number of hydrogen-bond donors (Lipinski definition) is 1. The molecule has 144 valence electrons.